The summed E-state index contributed by atoms with van der Waals surface area (Å²) < 4.78 is 32.1. The highest BCUT2D eigenvalue weighted by Crippen LogP contribution is 2.45. The largest absolute Gasteiger partial charge is 0.489 e. The molecule has 0 fully saturated rings. The standard InChI is InChI=1S/C43H36O5/c1-5-13-32(14-6-1)28-44-37-23-21-36(22-24-37)43-42(47-31-35-19-11-4-12-20-35)27-39-40(46-30-34-17-9-3-10-18-34)25-38(26-41(39)48-43)45-29-33-15-7-2-8-16-33/h1-27,43H,28-31H2. The van der Waals surface area contributed by atoms with Gasteiger partial charge in [0, 0.05) is 17.7 Å². The number of hydrogen-bond donors (Lipinski definition) is 0. The van der Waals surface area contributed by atoms with Gasteiger partial charge >= 0.3 is 0 Å². The van der Waals surface area contributed by atoms with Crippen molar-refractivity contribution in [3.63, 3.8) is 0 Å². The quantitative estimate of drug-likeness (QED) is 0.127. The molecule has 1 aliphatic rings. The molecule has 1 aliphatic heterocycles. The van der Waals surface area contributed by atoms with Crippen LogP contribution in [0.4, 0.5) is 0 Å². The minimum absolute atomic E-state index is 0.400. The second-order valence-electron chi connectivity index (χ2n) is 11.5. The summed E-state index contributed by atoms with van der Waals surface area (Å²) >= 11 is 0. The molecule has 0 aliphatic carbocycles. The molecule has 0 bridgehead atoms. The second-order valence-corrected chi connectivity index (χ2v) is 11.5. The van der Waals surface area contributed by atoms with E-state index in [0.29, 0.717) is 49.4 Å². The second kappa shape index (κ2) is 15.1. The van der Waals surface area contributed by atoms with E-state index >= 15 is 0 Å². The normalized spacial score (nSPS) is 13.4. The Hall–Kier alpha value is -5.94. The Morgan fingerprint density at radius 2 is 0.896 bits per heavy atom. The average molecular weight is 633 g/mol. The average Bonchev–Trinajstić information content (AvgIpc) is 3.16. The van der Waals surface area contributed by atoms with Crippen molar-refractivity contribution in [2.75, 3.05) is 0 Å². The topological polar surface area (TPSA) is 46.2 Å². The summed E-state index contributed by atoms with van der Waals surface area (Å²) in [6.45, 7) is 1.72. The lowest BCUT2D eigenvalue weighted by molar-refractivity contribution is 0.106. The third-order valence-electron chi connectivity index (χ3n) is 8.03. The molecule has 1 heterocycles. The van der Waals surface area contributed by atoms with Crippen molar-refractivity contribution in [3.05, 3.63) is 197 Å². The third-order valence-corrected chi connectivity index (χ3v) is 8.03. The summed E-state index contributed by atoms with van der Waals surface area (Å²) in [6, 6.07) is 52.3. The predicted molar refractivity (Wildman–Crippen MR) is 188 cm³/mol. The maximum atomic E-state index is 6.78. The molecular formula is C43H36O5. The van der Waals surface area contributed by atoms with Crippen LogP contribution in [0.25, 0.3) is 6.08 Å². The summed E-state index contributed by atoms with van der Waals surface area (Å²) in [4.78, 5) is 0. The molecular weight excluding hydrogens is 596 g/mol. The fourth-order valence-electron chi connectivity index (χ4n) is 5.47. The molecule has 0 N–H and O–H groups in total. The molecule has 0 amide bonds. The highest BCUT2D eigenvalue weighted by atomic mass is 16.5. The molecule has 0 aromatic heterocycles. The molecule has 5 nitrogen and oxygen atoms in total. The van der Waals surface area contributed by atoms with Crippen LogP contribution in [-0.4, -0.2) is 0 Å². The maximum absolute atomic E-state index is 6.78. The van der Waals surface area contributed by atoms with Crippen LogP contribution in [0, 0.1) is 0 Å². The van der Waals surface area contributed by atoms with Crippen molar-refractivity contribution in [1.29, 1.82) is 0 Å². The van der Waals surface area contributed by atoms with Gasteiger partial charge < -0.3 is 23.7 Å². The van der Waals surface area contributed by atoms with Gasteiger partial charge in [0.15, 0.2) is 6.10 Å². The zero-order valence-electron chi connectivity index (χ0n) is 26.5. The monoisotopic (exact) mass is 632 g/mol. The fraction of sp³-hybridized carbons (Fsp3) is 0.116. The third kappa shape index (κ3) is 7.88. The first-order chi connectivity index (χ1) is 23.8. The van der Waals surface area contributed by atoms with E-state index in [1.807, 2.05) is 140 Å². The van der Waals surface area contributed by atoms with E-state index in [4.69, 9.17) is 23.7 Å². The van der Waals surface area contributed by atoms with Gasteiger partial charge in [-0.3, -0.25) is 0 Å². The van der Waals surface area contributed by atoms with Crippen LogP contribution in [0.3, 0.4) is 0 Å². The van der Waals surface area contributed by atoms with Crippen LogP contribution in [0.1, 0.15) is 39.5 Å². The minimum Gasteiger partial charge on any atom is -0.489 e. The van der Waals surface area contributed by atoms with Gasteiger partial charge in [-0.15, -0.1) is 0 Å². The summed E-state index contributed by atoms with van der Waals surface area (Å²) in [5.41, 5.74) is 6.07. The Morgan fingerprint density at radius 1 is 0.438 bits per heavy atom. The van der Waals surface area contributed by atoms with Crippen molar-refractivity contribution in [2.24, 2.45) is 0 Å². The Labute approximate surface area is 281 Å². The van der Waals surface area contributed by atoms with E-state index in [1.165, 1.54) is 0 Å². The van der Waals surface area contributed by atoms with Gasteiger partial charge in [0.1, 0.15) is 55.2 Å². The molecule has 1 atom stereocenters. The number of hydrogen-bond acceptors (Lipinski definition) is 5. The fourth-order valence-corrected chi connectivity index (χ4v) is 5.47. The van der Waals surface area contributed by atoms with Crippen LogP contribution in [0.15, 0.2) is 163 Å². The summed E-state index contributed by atoms with van der Waals surface area (Å²) in [6.07, 6.45) is 1.55. The lowest BCUT2D eigenvalue weighted by Crippen LogP contribution is -2.17. The Balaban J connectivity index is 1.19. The number of benzene rings is 6. The highest BCUT2D eigenvalue weighted by Gasteiger charge is 2.29. The Bertz CT molecular complexity index is 1920. The molecule has 0 saturated heterocycles. The van der Waals surface area contributed by atoms with Crippen LogP contribution in [-0.2, 0) is 31.2 Å². The van der Waals surface area contributed by atoms with Gasteiger partial charge in [-0.1, -0.05) is 133 Å². The van der Waals surface area contributed by atoms with Gasteiger partial charge in [0.05, 0.1) is 5.56 Å². The van der Waals surface area contributed by atoms with Crippen molar-refractivity contribution in [2.45, 2.75) is 32.5 Å². The zero-order valence-corrected chi connectivity index (χ0v) is 26.5. The van der Waals surface area contributed by atoms with Crippen LogP contribution in [0.5, 0.6) is 23.0 Å². The number of rotatable bonds is 13. The van der Waals surface area contributed by atoms with E-state index in [9.17, 15) is 0 Å². The molecule has 0 radical (unpaired) electrons. The molecule has 0 saturated carbocycles. The van der Waals surface area contributed by atoms with Gasteiger partial charge in [-0.2, -0.15) is 0 Å². The Kier molecular flexibility index (Phi) is 9.66. The first-order valence-electron chi connectivity index (χ1n) is 16.1. The van der Waals surface area contributed by atoms with Crippen LogP contribution >= 0.6 is 0 Å². The lowest BCUT2D eigenvalue weighted by Gasteiger charge is -2.29. The van der Waals surface area contributed by atoms with Crippen molar-refractivity contribution >= 4 is 6.08 Å². The number of ether oxygens (including phenoxy) is 5. The van der Waals surface area contributed by atoms with E-state index in [1.54, 1.807) is 0 Å². The van der Waals surface area contributed by atoms with Crippen molar-refractivity contribution < 1.29 is 23.7 Å². The predicted octanol–water partition coefficient (Wildman–Crippen LogP) is 10.1. The van der Waals surface area contributed by atoms with Gasteiger partial charge in [-0.25, -0.2) is 0 Å². The van der Waals surface area contributed by atoms with E-state index in [2.05, 4.69) is 24.3 Å². The number of fused-ring (bicyclic) bond motifs is 1. The lowest BCUT2D eigenvalue weighted by atomic mass is 10.0. The molecule has 6 aromatic carbocycles. The molecule has 238 valence electrons. The molecule has 6 aromatic rings. The molecule has 0 spiro atoms. The molecule has 1 unspecified atom stereocenters. The zero-order chi connectivity index (χ0) is 32.4. The SMILES string of the molecule is C1=C(OCc2ccccc2)C(c2ccc(OCc3ccccc3)cc2)Oc2cc(OCc3ccccc3)cc(OCc3ccccc3)c21. The molecule has 7 rings (SSSR count). The van der Waals surface area contributed by atoms with E-state index < -0.39 is 6.10 Å². The molecule has 5 heteroatoms. The van der Waals surface area contributed by atoms with E-state index in [-0.39, 0.29) is 0 Å². The summed E-state index contributed by atoms with van der Waals surface area (Å²) in [5.74, 6) is 3.44. The first-order valence-corrected chi connectivity index (χ1v) is 16.1. The highest BCUT2D eigenvalue weighted by molar-refractivity contribution is 5.70. The minimum atomic E-state index is -0.490. The molecule has 48 heavy (non-hydrogen) atoms. The Morgan fingerprint density at radius 3 is 1.42 bits per heavy atom. The summed E-state index contributed by atoms with van der Waals surface area (Å²) in [7, 11) is 0. The van der Waals surface area contributed by atoms with Crippen LogP contribution in [0.2, 0.25) is 0 Å². The van der Waals surface area contributed by atoms with Gasteiger partial charge in [0.25, 0.3) is 0 Å². The smallest absolute Gasteiger partial charge is 0.180 e. The van der Waals surface area contributed by atoms with Crippen molar-refractivity contribution in [1.82, 2.24) is 0 Å². The first kappa shape index (κ1) is 30.7. The summed E-state index contributed by atoms with van der Waals surface area (Å²) in [5, 5.41) is 0. The van der Waals surface area contributed by atoms with Crippen LogP contribution < -0.4 is 18.9 Å². The van der Waals surface area contributed by atoms with Gasteiger partial charge in [-0.05, 0) is 40.5 Å². The van der Waals surface area contributed by atoms with E-state index in [0.717, 1.165) is 39.1 Å². The maximum Gasteiger partial charge on any atom is 0.180 e. The van der Waals surface area contributed by atoms with Crippen molar-refractivity contribution in [3.8, 4) is 23.0 Å². The van der Waals surface area contributed by atoms with Gasteiger partial charge in [0.2, 0.25) is 0 Å².